The Morgan fingerprint density at radius 1 is 1.50 bits per heavy atom. The topological polar surface area (TPSA) is 29.5 Å². The number of carbonyl (C=O) groups is 1. The van der Waals surface area contributed by atoms with Crippen LogP contribution in [0.25, 0.3) is 0 Å². The predicted octanol–water partition coefficient (Wildman–Crippen LogP) is 0.788. The minimum Gasteiger partial charge on any atom is -0.458 e. The molecule has 2 saturated heterocycles. The third kappa shape index (κ3) is 1.33. The van der Waals surface area contributed by atoms with Crippen molar-refractivity contribution in [2.75, 3.05) is 20.1 Å². The molecular weight excluding hydrogens is 154 g/mol. The lowest BCUT2D eigenvalue weighted by Gasteiger charge is -2.36. The summed E-state index contributed by atoms with van der Waals surface area (Å²) in [5.41, 5.74) is -0.107. The van der Waals surface area contributed by atoms with E-state index >= 15 is 0 Å². The zero-order chi connectivity index (χ0) is 8.60. The maximum atomic E-state index is 11.0. The summed E-state index contributed by atoms with van der Waals surface area (Å²) in [6.07, 6.45) is 3.76. The van der Waals surface area contributed by atoms with Crippen LogP contribution < -0.4 is 0 Å². The molecule has 0 aromatic carbocycles. The monoisotopic (exact) mass is 169 g/mol. The molecule has 0 saturated carbocycles. The largest absolute Gasteiger partial charge is 0.458 e. The van der Waals surface area contributed by atoms with Gasteiger partial charge in [0.15, 0.2) is 0 Å². The highest BCUT2D eigenvalue weighted by Crippen LogP contribution is 2.34. The lowest BCUT2D eigenvalue weighted by Crippen LogP contribution is -2.46. The zero-order valence-corrected chi connectivity index (χ0v) is 7.51. The highest BCUT2D eigenvalue weighted by Gasteiger charge is 2.42. The number of piperidine rings is 1. The van der Waals surface area contributed by atoms with Gasteiger partial charge in [0.25, 0.3) is 0 Å². The SMILES string of the molecule is CN1CCCC2(CCC(=O)O2)C1. The summed E-state index contributed by atoms with van der Waals surface area (Å²) < 4.78 is 5.38. The Hall–Kier alpha value is -0.570. The molecule has 2 aliphatic rings. The Kier molecular flexibility index (Phi) is 1.83. The van der Waals surface area contributed by atoms with Gasteiger partial charge in [0, 0.05) is 13.0 Å². The summed E-state index contributed by atoms with van der Waals surface area (Å²) in [5, 5.41) is 0. The molecule has 0 aliphatic carbocycles. The van der Waals surface area contributed by atoms with E-state index in [0.29, 0.717) is 6.42 Å². The molecule has 1 atom stereocenters. The first-order valence-electron chi connectivity index (χ1n) is 4.61. The molecule has 0 N–H and O–H groups in total. The van der Waals surface area contributed by atoms with Crippen LogP contribution in [0.3, 0.4) is 0 Å². The van der Waals surface area contributed by atoms with Crippen molar-refractivity contribution in [2.45, 2.75) is 31.3 Å². The molecule has 3 nitrogen and oxygen atoms in total. The fourth-order valence-corrected chi connectivity index (χ4v) is 2.28. The number of hydrogen-bond donors (Lipinski definition) is 0. The zero-order valence-electron chi connectivity index (χ0n) is 7.51. The molecule has 68 valence electrons. The van der Waals surface area contributed by atoms with Gasteiger partial charge < -0.3 is 9.64 Å². The van der Waals surface area contributed by atoms with E-state index < -0.39 is 0 Å². The lowest BCUT2D eigenvalue weighted by molar-refractivity contribution is -0.152. The van der Waals surface area contributed by atoms with E-state index in [-0.39, 0.29) is 11.6 Å². The van der Waals surface area contributed by atoms with Crippen molar-refractivity contribution in [2.24, 2.45) is 0 Å². The smallest absolute Gasteiger partial charge is 0.306 e. The predicted molar refractivity (Wildman–Crippen MR) is 44.8 cm³/mol. The summed E-state index contributed by atoms with van der Waals surface area (Å²) in [7, 11) is 2.09. The Labute approximate surface area is 72.7 Å². The lowest BCUT2D eigenvalue weighted by atomic mass is 9.90. The molecule has 0 bridgehead atoms. The van der Waals surface area contributed by atoms with Crippen molar-refractivity contribution >= 4 is 5.97 Å². The van der Waals surface area contributed by atoms with Gasteiger partial charge in [0.1, 0.15) is 5.60 Å². The van der Waals surface area contributed by atoms with E-state index in [1.165, 1.54) is 0 Å². The van der Waals surface area contributed by atoms with Crippen LogP contribution in [-0.4, -0.2) is 36.6 Å². The number of esters is 1. The first-order valence-corrected chi connectivity index (χ1v) is 4.61. The summed E-state index contributed by atoms with van der Waals surface area (Å²) in [4.78, 5) is 13.2. The normalized spacial score (nSPS) is 37.2. The maximum absolute atomic E-state index is 11.0. The third-order valence-electron chi connectivity index (χ3n) is 2.85. The molecule has 2 aliphatic heterocycles. The van der Waals surface area contributed by atoms with E-state index in [2.05, 4.69) is 11.9 Å². The van der Waals surface area contributed by atoms with E-state index in [4.69, 9.17) is 4.74 Å². The van der Waals surface area contributed by atoms with Gasteiger partial charge in [-0.25, -0.2) is 0 Å². The molecule has 2 fully saturated rings. The number of likely N-dealkylation sites (tertiary alicyclic amines) is 1. The molecule has 0 aromatic heterocycles. The second-order valence-electron chi connectivity index (χ2n) is 4.00. The van der Waals surface area contributed by atoms with Crippen LogP contribution in [-0.2, 0) is 9.53 Å². The van der Waals surface area contributed by atoms with Gasteiger partial charge in [-0.3, -0.25) is 4.79 Å². The molecule has 0 amide bonds. The maximum Gasteiger partial charge on any atom is 0.306 e. The Balaban J connectivity index is 2.05. The van der Waals surface area contributed by atoms with Crippen molar-refractivity contribution in [1.82, 2.24) is 4.90 Å². The van der Waals surface area contributed by atoms with E-state index in [0.717, 1.165) is 32.4 Å². The summed E-state index contributed by atoms with van der Waals surface area (Å²) in [6, 6.07) is 0. The first kappa shape index (κ1) is 8.05. The van der Waals surface area contributed by atoms with Crippen molar-refractivity contribution < 1.29 is 9.53 Å². The van der Waals surface area contributed by atoms with Crippen LogP contribution in [0.2, 0.25) is 0 Å². The summed E-state index contributed by atoms with van der Waals surface area (Å²) >= 11 is 0. The minimum atomic E-state index is -0.107. The average molecular weight is 169 g/mol. The molecule has 1 spiro atoms. The van der Waals surface area contributed by atoms with Crippen LogP contribution in [0.15, 0.2) is 0 Å². The number of likely N-dealkylation sites (N-methyl/N-ethyl adjacent to an activating group) is 1. The minimum absolute atomic E-state index is 0.00898. The van der Waals surface area contributed by atoms with Gasteiger partial charge in [-0.05, 0) is 32.9 Å². The molecule has 0 radical (unpaired) electrons. The Morgan fingerprint density at radius 3 is 2.92 bits per heavy atom. The van der Waals surface area contributed by atoms with Crippen molar-refractivity contribution in [3.05, 3.63) is 0 Å². The second-order valence-corrected chi connectivity index (χ2v) is 4.00. The van der Waals surface area contributed by atoms with Crippen LogP contribution >= 0.6 is 0 Å². The van der Waals surface area contributed by atoms with Crippen molar-refractivity contribution in [3.63, 3.8) is 0 Å². The first-order chi connectivity index (χ1) is 5.70. The van der Waals surface area contributed by atoms with Gasteiger partial charge in [0.05, 0.1) is 0 Å². The molecule has 3 heteroatoms. The average Bonchev–Trinajstić information content (AvgIpc) is 2.32. The van der Waals surface area contributed by atoms with E-state index in [9.17, 15) is 4.79 Å². The van der Waals surface area contributed by atoms with Crippen LogP contribution in [0.5, 0.6) is 0 Å². The van der Waals surface area contributed by atoms with Crippen LogP contribution in [0.4, 0.5) is 0 Å². The molecule has 12 heavy (non-hydrogen) atoms. The summed E-state index contributed by atoms with van der Waals surface area (Å²) in [5.74, 6) is -0.00898. The Bertz CT molecular complexity index is 205. The molecular formula is C9H15NO2. The molecule has 0 aromatic rings. The standard InChI is InChI=1S/C9H15NO2/c1-10-6-2-4-9(7-10)5-3-8(11)12-9/h2-7H2,1H3. The van der Waals surface area contributed by atoms with Gasteiger partial charge in [-0.15, -0.1) is 0 Å². The van der Waals surface area contributed by atoms with Gasteiger partial charge in [-0.2, -0.15) is 0 Å². The van der Waals surface area contributed by atoms with Crippen LogP contribution in [0, 0.1) is 0 Å². The quantitative estimate of drug-likeness (QED) is 0.502. The Morgan fingerprint density at radius 2 is 2.33 bits per heavy atom. The number of rotatable bonds is 0. The van der Waals surface area contributed by atoms with E-state index in [1.807, 2.05) is 0 Å². The van der Waals surface area contributed by atoms with Crippen molar-refractivity contribution in [1.29, 1.82) is 0 Å². The number of ether oxygens (including phenoxy) is 1. The highest BCUT2D eigenvalue weighted by molar-refractivity contribution is 5.72. The van der Waals surface area contributed by atoms with Gasteiger partial charge >= 0.3 is 5.97 Å². The van der Waals surface area contributed by atoms with Crippen molar-refractivity contribution in [3.8, 4) is 0 Å². The molecule has 1 unspecified atom stereocenters. The van der Waals surface area contributed by atoms with E-state index in [1.54, 1.807) is 0 Å². The number of carbonyl (C=O) groups excluding carboxylic acids is 1. The molecule has 2 rings (SSSR count). The summed E-state index contributed by atoms with van der Waals surface area (Å²) in [6.45, 7) is 2.07. The fourth-order valence-electron chi connectivity index (χ4n) is 2.28. The molecule has 2 heterocycles. The highest BCUT2D eigenvalue weighted by atomic mass is 16.6. The number of nitrogens with zero attached hydrogens (tertiary/aromatic N) is 1. The number of hydrogen-bond acceptors (Lipinski definition) is 3. The van der Waals surface area contributed by atoms with Crippen LogP contribution in [0.1, 0.15) is 25.7 Å². The van der Waals surface area contributed by atoms with Gasteiger partial charge in [-0.1, -0.05) is 0 Å². The second kappa shape index (κ2) is 2.73. The third-order valence-corrected chi connectivity index (χ3v) is 2.85. The fraction of sp³-hybridized carbons (Fsp3) is 0.889. The van der Waals surface area contributed by atoms with Gasteiger partial charge in [0.2, 0.25) is 0 Å².